The molecule has 5 rings (SSSR count). The third-order valence-electron chi connectivity index (χ3n) is 5.69. The Labute approximate surface area is 213 Å². The first-order valence-corrected chi connectivity index (χ1v) is 13.4. The third-order valence-corrected chi connectivity index (χ3v) is 7.84. The summed E-state index contributed by atoms with van der Waals surface area (Å²) in [6.07, 6.45) is 1.61. The van der Waals surface area contributed by atoms with Gasteiger partial charge in [-0.1, -0.05) is 72.3 Å². The maximum absolute atomic E-state index is 12.8. The number of fused-ring (bicyclic) bond motifs is 1. The van der Waals surface area contributed by atoms with E-state index in [0.29, 0.717) is 10.5 Å². The summed E-state index contributed by atoms with van der Waals surface area (Å²) in [7, 11) is -4.02. The van der Waals surface area contributed by atoms with Crippen LogP contribution in [0.25, 0.3) is 16.8 Å². The van der Waals surface area contributed by atoms with Gasteiger partial charge in [0, 0.05) is 0 Å². The molecule has 0 spiro atoms. The number of nitrogens with zero attached hydrogens (tertiary/aromatic N) is 1. The Morgan fingerprint density at radius 3 is 2.36 bits per heavy atom. The van der Waals surface area contributed by atoms with E-state index in [2.05, 4.69) is 0 Å². The second-order valence-corrected chi connectivity index (χ2v) is 10.9. The summed E-state index contributed by atoms with van der Waals surface area (Å²) in [6.45, 7) is 2.17. The van der Waals surface area contributed by atoms with Gasteiger partial charge in [-0.3, -0.25) is 14.5 Å². The van der Waals surface area contributed by atoms with Gasteiger partial charge in [0.25, 0.3) is 11.1 Å². The molecule has 36 heavy (non-hydrogen) atoms. The number of rotatable bonds is 6. The zero-order valence-corrected chi connectivity index (χ0v) is 20.9. The summed E-state index contributed by atoms with van der Waals surface area (Å²) >= 11 is 0.884. The molecular formula is C28H21NO5S2. The number of hydrogen-bond donors (Lipinski definition) is 0. The van der Waals surface area contributed by atoms with Crippen LogP contribution in [-0.4, -0.2) is 24.5 Å². The van der Waals surface area contributed by atoms with Crippen LogP contribution in [0.1, 0.15) is 16.7 Å². The molecule has 8 heteroatoms. The first-order chi connectivity index (χ1) is 17.3. The fraction of sp³-hybridized carbons (Fsp3) is 0.0714. The Morgan fingerprint density at radius 2 is 1.61 bits per heavy atom. The fourth-order valence-corrected chi connectivity index (χ4v) is 5.70. The molecule has 1 aliphatic heterocycles. The zero-order valence-electron chi connectivity index (χ0n) is 19.2. The van der Waals surface area contributed by atoms with Crippen molar-refractivity contribution in [3.63, 3.8) is 0 Å². The van der Waals surface area contributed by atoms with Crippen molar-refractivity contribution in [3.05, 3.63) is 113 Å². The number of benzene rings is 4. The lowest BCUT2D eigenvalue weighted by atomic mass is 10.1. The highest BCUT2D eigenvalue weighted by Gasteiger charge is 2.35. The van der Waals surface area contributed by atoms with Crippen LogP contribution in [0.4, 0.5) is 4.79 Å². The summed E-state index contributed by atoms with van der Waals surface area (Å²) in [4.78, 5) is 26.9. The number of carbonyl (C=O) groups is 2. The summed E-state index contributed by atoms with van der Waals surface area (Å²) < 4.78 is 30.9. The van der Waals surface area contributed by atoms with Crippen LogP contribution in [0.15, 0.2) is 101 Å². The number of aryl methyl sites for hydroxylation is 1. The van der Waals surface area contributed by atoms with Crippen molar-refractivity contribution in [2.75, 3.05) is 0 Å². The van der Waals surface area contributed by atoms with Crippen LogP contribution in [0, 0.1) is 6.92 Å². The van der Waals surface area contributed by atoms with Crippen molar-refractivity contribution in [1.29, 1.82) is 0 Å². The number of carbonyl (C=O) groups excluding carboxylic acids is 2. The Morgan fingerprint density at radius 1 is 0.861 bits per heavy atom. The first kappa shape index (κ1) is 23.8. The number of imide groups is 1. The van der Waals surface area contributed by atoms with E-state index in [1.807, 2.05) is 55.5 Å². The van der Waals surface area contributed by atoms with E-state index in [1.165, 1.54) is 23.1 Å². The summed E-state index contributed by atoms with van der Waals surface area (Å²) in [5, 5.41) is 1.41. The highest BCUT2D eigenvalue weighted by molar-refractivity contribution is 8.18. The normalized spacial score (nSPS) is 15.1. The molecule has 1 saturated heterocycles. The standard InChI is InChI=1S/C28H21NO5S2/c1-19-5-4-6-21(15-19)18-29-27(30)26(35-28(29)31)16-20-9-12-24(13-10-20)34-36(32,33)25-14-11-22-7-2-3-8-23(22)17-25/h2-17H,18H2,1H3/b26-16-. The minimum Gasteiger partial charge on any atom is -0.379 e. The predicted molar refractivity (Wildman–Crippen MR) is 141 cm³/mol. The van der Waals surface area contributed by atoms with Gasteiger partial charge in [0.15, 0.2) is 0 Å². The molecule has 1 heterocycles. The van der Waals surface area contributed by atoms with E-state index >= 15 is 0 Å². The molecule has 1 aliphatic rings. The molecule has 2 amide bonds. The molecule has 0 saturated carbocycles. The van der Waals surface area contributed by atoms with Crippen LogP contribution in [0.2, 0.25) is 0 Å². The van der Waals surface area contributed by atoms with Crippen LogP contribution in [-0.2, 0) is 21.5 Å². The van der Waals surface area contributed by atoms with Crippen molar-refractivity contribution in [2.24, 2.45) is 0 Å². The van der Waals surface area contributed by atoms with Crippen molar-refractivity contribution in [2.45, 2.75) is 18.4 Å². The third kappa shape index (κ3) is 5.05. The molecule has 0 bridgehead atoms. The van der Waals surface area contributed by atoms with Crippen molar-refractivity contribution < 1.29 is 22.2 Å². The largest absolute Gasteiger partial charge is 0.379 e. The first-order valence-electron chi connectivity index (χ1n) is 11.1. The average molecular weight is 516 g/mol. The highest BCUT2D eigenvalue weighted by Crippen LogP contribution is 2.33. The van der Waals surface area contributed by atoms with Crippen molar-refractivity contribution in [3.8, 4) is 5.75 Å². The second-order valence-electron chi connectivity index (χ2n) is 8.37. The summed E-state index contributed by atoms with van der Waals surface area (Å²) in [5.74, 6) is -0.210. The molecular weight excluding hydrogens is 494 g/mol. The molecule has 0 N–H and O–H groups in total. The van der Waals surface area contributed by atoms with Gasteiger partial charge in [0.05, 0.1) is 11.4 Å². The molecule has 4 aromatic rings. The van der Waals surface area contributed by atoms with Gasteiger partial charge in [0.1, 0.15) is 10.6 Å². The maximum atomic E-state index is 12.8. The molecule has 0 atom stereocenters. The van der Waals surface area contributed by atoms with Crippen LogP contribution >= 0.6 is 11.8 Å². The SMILES string of the molecule is Cc1cccc(CN2C(=O)S/C(=C\c3ccc(OS(=O)(=O)c4ccc5ccccc5c4)cc3)C2=O)c1. The molecule has 0 aromatic heterocycles. The Kier molecular flexibility index (Phi) is 6.38. The summed E-state index contributed by atoms with van der Waals surface area (Å²) in [5.41, 5.74) is 2.58. The molecule has 0 aliphatic carbocycles. The molecule has 6 nitrogen and oxygen atoms in total. The number of hydrogen-bond acceptors (Lipinski definition) is 6. The van der Waals surface area contributed by atoms with E-state index in [4.69, 9.17) is 4.18 Å². The molecule has 4 aromatic carbocycles. The highest BCUT2D eigenvalue weighted by atomic mass is 32.2. The van der Waals surface area contributed by atoms with Gasteiger partial charge in [-0.15, -0.1) is 0 Å². The Bertz CT molecular complexity index is 1630. The van der Waals surface area contributed by atoms with E-state index in [1.54, 1.807) is 30.3 Å². The van der Waals surface area contributed by atoms with Gasteiger partial charge in [-0.2, -0.15) is 8.42 Å². The molecule has 180 valence electrons. The van der Waals surface area contributed by atoms with E-state index < -0.39 is 10.1 Å². The lowest BCUT2D eigenvalue weighted by Crippen LogP contribution is -2.27. The van der Waals surface area contributed by atoms with Crippen molar-refractivity contribution in [1.82, 2.24) is 4.90 Å². The second kappa shape index (κ2) is 9.64. The smallest absolute Gasteiger partial charge is 0.339 e. The zero-order chi connectivity index (χ0) is 25.3. The minimum atomic E-state index is -4.02. The lowest BCUT2D eigenvalue weighted by Gasteiger charge is -2.12. The van der Waals surface area contributed by atoms with Gasteiger partial charge in [-0.05, 0) is 70.9 Å². The van der Waals surface area contributed by atoms with Gasteiger partial charge in [-0.25, -0.2) is 0 Å². The quantitative estimate of drug-likeness (QED) is 0.226. The van der Waals surface area contributed by atoms with Gasteiger partial charge >= 0.3 is 10.1 Å². The Hall–Kier alpha value is -3.88. The van der Waals surface area contributed by atoms with Crippen LogP contribution in [0.5, 0.6) is 5.75 Å². The van der Waals surface area contributed by atoms with Crippen LogP contribution < -0.4 is 4.18 Å². The van der Waals surface area contributed by atoms with E-state index in [0.717, 1.165) is 33.7 Å². The van der Waals surface area contributed by atoms with E-state index in [-0.39, 0.29) is 28.3 Å². The maximum Gasteiger partial charge on any atom is 0.339 e. The van der Waals surface area contributed by atoms with Gasteiger partial charge < -0.3 is 4.18 Å². The van der Waals surface area contributed by atoms with E-state index in [9.17, 15) is 18.0 Å². The summed E-state index contributed by atoms with van der Waals surface area (Å²) in [6, 6.07) is 26.3. The molecule has 0 unspecified atom stereocenters. The number of thioether (sulfide) groups is 1. The Balaban J connectivity index is 1.30. The minimum absolute atomic E-state index is 0.0626. The monoisotopic (exact) mass is 515 g/mol. The average Bonchev–Trinajstić information content (AvgIpc) is 3.12. The topological polar surface area (TPSA) is 80.8 Å². The van der Waals surface area contributed by atoms with Crippen molar-refractivity contribution >= 4 is 49.9 Å². The van der Waals surface area contributed by atoms with Gasteiger partial charge in [0.2, 0.25) is 0 Å². The molecule has 0 radical (unpaired) electrons. The number of amides is 2. The molecule has 1 fully saturated rings. The predicted octanol–water partition coefficient (Wildman–Crippen LogP) is 6.15. The lowest BCUT2D eigenvalue weighted by molar-refractivity contribution is -0.123. The fourth-order valence-electron chi connectivity index (χ4n) is 3.90. The van der Waals surface area contributed by atoms with Crippen LogP contribution in [0.3, 0.4) is 0 Å².